The fourth-order valence-electron chi connectivity index (χ4n) is 3.52. The summed E-state index contributed by atoms with van der Waals surface area (Å²) in [4.78, 5) is 29.7. The molecule has 1 aliphatic rings. The van der Waals surface area contributed by atoms with E-state index in [-0.39, 0.29) is 28.9 Å². The number of hydrogen-bond acceptors (Lipinski definition) is 4. The minimum absolute atomic E-state index is 0.146. The molecule has 2 heterocycles. The van der Waals surface area contributed by atoms with Crippen LogP contribution >= 0.6 is 0 Å². The Morgan fingerprint density at radius 2 is 1.96 bits per heavy atom. The molecular weight excluding hydrogens is 344 g/mol. The van der Waals surface area contributed by atoms with Crippen LogP contribution in [0.15, 0.2) is 35.1 Å². The lowest BCUT2D eigenvalue weighted by Gasteiger charge is -2.18. The first-order chi connectivity index (χ1) is 12.9. The second kappa shape index (κ2) is 7.86. The summed E-state index contributed by atoms with van der Waals surface area (Å²) < 4.78 is 10.8. The van der Waals surface area contributed by atoms with Gasteiger partial charge in [-0.2, -0.15) is 0 Å². The van der Waals surface area contributed by atoms with Gasteiger partial charge in [-0.25, -0.2) is 0 Å². The van der Waals surface area contributed by atoms with Crippen molar-refractivity contribution in [2.75, 3.05) is 27.3 Å². The van der Waals surface area contributed by atoms with Crippen molar-refractivity contribution in [1.82, 2.24) is 9.88 Å². The average Bonchev–Trinajstić information content (AvgIpc) is 3.16. The monoisotopic (exact) mass is 370 g/mol. The maximum Gasteiger partial charge on any atom is 0.261 e. The van der Waals surface area contributed by atoms with E-state index in [1.54, 1.807) is 25.2 Å². The molecule has 0 aliphatic carbocycles. The molecule has 1 aromatic carbocycles. The molecule has 1 saturated heterocycles. The van der Waals surface area contributed by atoms with Crippen molar-refractivity contribution in [3.63, 3.8) is 0 Å². The van der Waals surface area contributed by atoms with Crippen LogP contribution in [0.25, 0.3) is 0 Å². The predicted octanol–water partition coefficient (Wildman–Crippen LogP) is 3.15. The number of likely N-dealkylation sites (tertiary alicyclic amines) is 1. The third kappa shape index (κ3) is 3.84. The minimum atomic E-state index is -0.325. The Hall–Kier alpha value is -2.76. The molecule has 1 atom stereocenters. The molecule has 1 unspecified atom stereocenters. The van der Waals surface area contributed by atoms with Crippen molar-refractivity contribution >= 4 is 5.91 Å². The number of carbonyl (C=O) groups is 1. The fourth-order valence-corrected chi connectivity index (χ4v) is 3.52. The normalized spacial score (nSPS) is 16.6. The zero-order valence-corrected chi connectivity index (χ0v) is 16.2. The standard InChI is InChI=1S/C21H26N2O4/c1-13(2)18-7-6-16(20(24)22-18)21(25)23-10-9-14(12-23)17-11-15(26-3)5-8-19(17)27-4/h5-8,11,13-14H,9-10,12H2,1-4H3,(H,22,24). The van der Waals surface area contributed by atoms with Crippen LogP contribution in [0.3, 0.4) is 0 Å². The molecule has 0 saturated carbocycles. The highest BCUT2D eigenvalue weighted by Gasteiger charge is 2.31. The van der Waals surface area contributed by atoms with E-state index in [1.165, 1.54) is 0 Å². The van der Waals surface area contributed by atoms with Crippen molar-refractivity contribution in [2.24, 2.45) is 0 Å². The number of amides is 1. The van der Waals surface area contributed by atoms with Gasteiger partial charge >= 0.3 is 0 Å². The molecule has 1 aliphatic heterocycles. The number of pyridine rings is 1. The van der Waals surface area contributed by atoms with E-state index in [0.717, 1.165) is 29.2 Å². The fraction of sp³-hybridized carbons (Fsp3) is 0.429. The van der Waals surface area contributed by atoms with Crippen molar-refractivity contribution in [2.45, 2.75) is 32.1 Å². The molecule has 1 N–H and O–H groups in total. The molecule has 1 aromatic heterocycles. The highest BCUT2D eigenvalue weighted by Crippen LogP contribution is 2.36. The van der Waals surface area contributed by atoms with Crippen LogP contribution in [0.4, 0.5) is 0 Å². The molecule has 27 heavy (non-hydrogen) atoms. The molecule has 1 amide bonds. The molecule has 3 rings (SSSR count). The van der Waals surface area contributed by atoms with Crippen LogP contribution in [-0.2, 0) is 0 Å². The van der Waals surface area contributed by atoms with Gasteiger partial charge in [0.2, 0.25) is 0 Å². The largest absolute Gasteiger partial charge is 0.497 e. The molecule has 2 aromatic rings. The van der Waals surface area contributed by atoms with Gasteiger partial charge in [-0.3, -0.25) is 9.59 Å². The maximum absolute atomic E-state index is 12.9. The summed E-state index contributed by atoms with van der Waals surface area (Å²) in [6.07, 6.45) is 0.817. The predicted molar refractivity (Wildman–Crippen MR) is 104 cm³/mol. The Labute approximate surface area is 159 Å². The molecule has 0 spiro atoms. The molecule has 6 nitrogen and oxygen atoms in total. The van der Waals surface area contributed by atoms with Crippen LogP contribution in [0, 0.1) is 0 Å². The zero-order chi connectivity index (χ0) is 19.6. The van der Waals surface area contributed by atoms with Crippen molar-refractivity contribution in [3.05, 3.63) is 57.5 Å². The van der Waals surface area contributed by atoms with E-state index in [9.17, 15) is 9.59 Å². The van der Waals surface area contributed by atoms with Crippen LogP contribution in [0.5, 0.6) is 11.5 Å². The second-order valence-electron chi connectivity index (χ2n) is 7.16. The first kappa shape index (κ1) is 19.0. The maximum atomic E-state index is 12.9. The summed E-state index contributed by atoms with van der Waals surface area (Å²) in [7, 11) is 3.27. The lowest BCUT2D eigenvalue weighted by Crippen LogP contribution is -2.33. The first-order valence-corrected chi connectivity index (χ1v) is 9.19. The Morgan fingerprint density at radius 3 is 2.59 bits per heavy atom. The molecular formula is C21H26N2O4. The summed E-state index contributed by atoms with van der Waals surface area (Å²) in [6.45, 7) is 5.15. The molecule has 0 radical (unpaired) electrons. The molecule has 144 valence electrons. The number of carbonyl (C=O) groups excluding carboxylic acids is 1. The van der Waals surface area contributed by atoms with Gasteiger partial charge in [0.1, 0.15) is 17.1 Å². The zero-order valence-electron chi connectivity index (χ0n) is 16.2. The summed E-state index contributed by atoms with van der Waals surface area (Å²) in [5.41, 5.74) is 1.72. The van der Waals surface area contributed by atoms with Crippen molar-refractivity contribution in [1.29, 1.82) is 0 Å². The highest BCUT2D eigenvalue weighted by atomic mass is 16.5. The smallest absolute Gasteiger partial charge is 0.261 e. The lowest BCUT2D eigenvalue weighted by atomic mass is 9.97. The minimum Gasteiger partial charge on any atom is -0.497 e. The number of methoxy groups -OCH3 is 2. The number of aromatic nitrogens is 1. The number of rotatable bonds is 5. The summed E-state index contributed by atoms with van der Waals surface area (Å²) in [6, 6.07) is 9.15. The van der Waals surface area contributed by atoms with Crippen molar-refractivity contribution < 1.29 is 14.3 Å². The third-order valence-electron chi connectivity index (χ3n) is 5.14. The SMILES string of the molecule is COc1ccc(OC)c(C2CCN(C(=O)c3ccc(C(C)C)[nH]c3=O)C2)c1. The molecule has 6 heteroatoms. The van der Waals surface area contributed by atoms with E-state index >= 15 is 0 Å². The third-order valence-corrected chi connectivity index (χ3v) is 5.14. The van der Waals surface area contributed by atoms with Gasteiger partial charge in [-0.1, -0.05) is 13.8 Å². The van der Waals surface area contributed by atoms with Gasteiger partial charge in [-0.05, 0) is 42.7 Å². The van der Waals surface area contributed by atoms with Crippen LogP contribution in [-0.4, -0.2) is 43.1 Å². The van der Waals surface area contributed by atoms with Gasteiger partial charge in [0.15, 0.2) is 0 Å². The highest BCUT2D eigenvalue weighted by molar-refractivity contribution is 5.94. The lowest BCUT2D eigenvalue weighted by molar-refractivity contribution is 0.0789. The Balaban J connectivity index is 1.80. The Kier molecular flexibility index (Phi) is 5.54. The average molecular weight is 370 g/mol. The van der Waals surface area contributed by atoms with Crippen LogP contribution in [0.1, 0.15) is 53.7 Å². The number of ether oxygens (including phenoxy) is 2. The first-order valence-electron chi connectivity index (χ1n) is 9.19. The van der Waals surface area contributed by atoms with Crippen LogP contribution < -0.4 is 15.0 Å². The van der Waals surface area contributed by atoms with Crippen LogP contribution in [0.2, 0.25) is 0 Å². The number of nitrogens with one attached hydrogen (secondary N) is 1. The van der Waals surface area contributed by atoms with Gasteiger partial charge in [0.25, 0.3) is 11.5 Å². The quantitative estimate of drug-likeness (QED) is 0.878. The topological polar surface area (TPSA) is 71.6 Å². The number of nitrogens with zero attached hydrogens (tertiary/aromatic N) is 1. The number of H-pyrrole nitrogens is 1. The van der Waals surface area contributed by atoms with Gasteiger partial charge in [0, 0.05) is 30.3 Å². The van der Waals surface area contributed by atoms with Gasteiger partial charge in [0.05, 0.1) is 14.2 Å². The summed E-state index contributed by atoms with van der Waals surface area (Å²) in [5.74, 6) is 1.67. The van der Waals surface area contributed by atoms with E-state index < -0.39 is 0 Å². The van der Waals surface area contributed by atoms with Crippen molar-refractivity contribution in [3.8, 4) is 11.5 Å². The molecule has 1 fully saturated rings. The Bertz CT molecular complexity index is 888. The van der Waals surface area contributed by atoms with E-state index in [2.05, 4.69) is 4.98 Å². The number of benzene rings is 1. The van der Waals surface area contributed by atoms with Gasteiger partial charge in [-0.15, -0.1) is 0 Å². The Morgan fingerprint density at radius 1 is 1.19 bits per heavy atom. The van der Waals surface area contributed by atoms with E-state index in [4.69, 9.17) is 9.47 Å². The van der Waals surface area contributed by atoms with E-state index in [0.29, 0.717) is 13.1 Å². The number of hydrogen-bond donors (Lipinski definition) is 1. The second-order valence-corrected chi connectivity index (χ2v) is 7.16. The summed E-state index contributed by atoms with van der Waals surface area (Å²) in [5, 5.41) is 0. The van der Waals surface area contributed by atoms with E-state index in [1.807, 2.05) is 38.1 Å². The van der Waals surface area contributed by atoms with Gasteiger partial charge < -0.3 is 19.4 Å². The molecule has 0 bridgehead atoms. The number of aromatic amines is 1. The summed E-state index contributed by atoms with van der Waals surface area (Å²) >= 11 is 0.